The molecule has 0 amide bonds. The van der Waals surface area contributed by atoms with E-state index in [1.807, 2.05) is 30.3 Å². The highest BCUT2D eigenvalue weighted by molar-refractivity contribution is 5.91. The van der Waals surface area contributed by atoms with E-state index >= 15 is 0 Å². The van der Waals surface area contributed by atoms with Crippen molar-refractivity contribution in [2.24, 2.45) is 0 Å². The van der Waals surface area contributed by atoms with Crippen molar-refractivity contribution in [3.05, 3.63) is 83.4 Å². The lowest BCUT2D eigenvalue weighted by atomic mass is 9.96. The Hall–Kier alpha value is -3.58. The van der Waals surface area contributed by atoms with Gasteiger partial charge >= 0.3 is 5.97 Å². The van der Waals surface area contributed by atoms with E-state index in [-0.39, 0.29) is 0 Å². The van der Waals surface area contributed by atoms with Crippen molar-refractivity contribution in [1.82, 2.24) is 0 Å². The van der Waals surface area contributed by atoms with Crippen LogP contribution < -0.4 is 9.47 Å². The number of carbonyl (C=O) groups is 1. The molecule has 0 saturated carbocycles. The summed E-state index contributed by atoms with van der Waals surface area (Å²) in [5.74, 6) is 0.866. The van der Waals surface area contributed by atoms with Gasteiger partial charge in [-0.1, -0.05) is 95.9 Å². The number of aryl methyl sites for hydroxylation is 1. The Bertz CT molecular complexity index is 1180. The first-order valence-electron chi connectivity index (χ1n) is 14.7. The van der Waals surface area contributed by atoms with Crippen LogP contribution in [0.5, 0.6) is 11.5 Å². The minimum Gasteiger partial charge on any atom is -0.494 e. The van der Waals surface area contributed by atoms with Crippen LogP contribution >= 0.6 is 0 Å². The van der Waals surface area contributed by atoms with Crippen LogP contribution in [-0.2, 0) is 6.42 Å². The largest absolute Gasteiger partial charge is 0.494 e. The number of esters is 1. The predicted molar refractivity (Wildman–Crippen MR) is 159 cm³/mol. The van der Waals surface area contributed by atoms with Gasteiger partial charge in [0.2, 0.25) is 0 Å². The molecule has 0 atom stereocenters. The molecule has 0 aliphatic heterocycles. The van der Waals surface area contributed by atoms with Crippen molar-refractivity contribution >= 4 is 5.97 Å². The number of nitrogens with zero attached hydrogens (tertiary/aromatic N) is 1. The topological polar surface area (TPSA) is 59.3 Å². The molecule has 39 heavy (non-hydrogen) atoms. The summed E-state index contributed by atoms with van der Waals surface area (Å²) in [5.41, 5.74) is 4.25. The summed E-state index contributed by atoms with van der Waals surface area (Å²) in [4.78, 5) is 12.7. The number of benzene rings is 3. The third kappa shape index (κ3) is 10.2. The molecule has 206 valence electrons. The molecule has 0 radical (unpaired) electrons. The maximum absolute atomic E-state index is 12.7. The molecule has 0 aliphatic carbocycles. The van der Waals surface area contributed by atoms with E-state index in [2.05, 4.69) is 32.0 Å². The van der Waals surface area contributed by atoms with Crippen LogP contribution in [0.2, 0.25) is 0 Å². The lowest BCUT2D eigenvalue weighted by Crippen LogP contribution is -2.08. The normalized spacial score (nSPS) is 10.7. The zero-order valence-electron chi connectivity index (χ0n) is 23.7. The molecular formula is C35H43NO3. The summed E-state index contributed by atoms with van der Waals surface area (Å²) < 4.78 is 11.4. The number of ether oxygens (including phenoxy) is 2. The maximum Gasteiger partial charge on any atom is 0.343 e. The van der Waals surface area contributed by atoms with Gasteiger partial charge in [0.25, 0.3) is 0 Å². The van der Waals surface area contributed by atoms with Crippen LogP contribution in [0.3, 0.4) is 0 Å². The van der Waals surface area contributed by atoms with Crippen LogP contribution in [0.1, 0.15) is 106 Å². The molecule has 0 spiro atoms. The Morgan fingerprint density at radius 2 is 1.28 bits per heavy atom. The fourth-order valence-corrected chi connectivity index (χ4v) is 4.64. The monoisotopic (exact) mass is 525 g/mol. The maximum atomic E-state index is 12.7. The van der Waals surface area contributed by atoms with E-state index in [0.29, 0.717) is 17.9 Å². The highest BCUT2D eigenvalue weighted by Crippen LogP contribution is 2.25. The van der Waals surface area contributed by atoms with Gasteiger partial charge in [-0.15, -0.1) is 0 Å². The average Bonchev–Trinajstić information content (AvgIpc) is 2.97. The van der Waals surface area contributed by atoms with E-state index in [1.54, 1.807) is 24.3 Å². The van der Waals surface area contributed by atoms with E-state index in [0.717, 1.165) is 47.3 Å². The van der Waals surface area contributed by atoms with Gasteiger partial charge in [0, 0.05) is 0 Å². The van der Waals surface area contributed by atoms with Crippen molar-refractivity contribution in [3.63, 3.8) is 0 Å². The Labute approximate surface area is 235 Å². The minimum absolute atomic E-state index is 0.404. The summed E-state index contributed by atoms with van der Waals surface area (Å²) in [7, 11) is 0. The first-order valence-corrected chi connectivity index (χ1v) is 14.7. The van der Waals surface area contributed by atoms with Gasteiger partial charge in [-0.2, -0.15) is 5.26 Å². The molecule has 3 aromatic rings. The van der Waals surface area contributed by atoms with Gasteiger partial charge in [0.15, 0.2) is 0 Å². The first-order chi connectivity index (χ1) is 19.1. The van der Waals surface area contributed by atoms with Crippen molar-refractivity contribution < 1.29 is 14.3 Å². The summed E-state index contributed by atoms with van der Waals surface area (Å²) in [6.07, 6.45) is 14.4. The zero-order valence-corrected chi connectivity index (χ0v) is 23.7. The SMILES string of the molecule is CCCCCCCCOc1ccc(OC(=O)c2ccc(-c3ccc(CCCCCCC)c(C#N)c3)cc2)cc1. The molecule has 0 N–H and O–H groups in total. The zero-order chi connectivity index (χ0) is 27.7. The standard InChI is InChI=1S/C35H43NO3/c1-3-5-7-9-11-13-25-38-33-21-23-34(24-22-33)39-35(37)30-18-15-29(16-19-30)31-20-17-28(32(26-31)27-36)14-12-10-8-6-4-2/h15-24,26H,3-14,25H2,1-2H3. The highest BCUT2D eigenvalue weighted by Gasteiger charge is 2.11. The first kappa shape index (κ1) is 30.0. The Morgan fingerprint density at radius 3 is 1.95 bits per heavy atom. The van der Waals surface area contributed by atoms with Crippen molar-refractivity contribution in [2.45, 2.75) is 90.9 Å². The van der Waals surface area contributed by atoms with Crippen LogP contribution in [0.4, 0.5) is 0 Å². The van der Waals surface area contributed by atoms with Crippen LogP contribution in [0, 0.1) is 11.3 Å². The molecule has 3 rings (SSSR count). The Morgan fingerprint density at radius 1 is 0.692 bits per heavy atom. The van der Waals surface area contributed by atoms with E-state index in [1.165, 1.54) is 57.8 Å². The fraction of sp³-hybridized carbons (Fsp3) is 0.429. The second-order valence-corrected chi connectivity index (χ2v) is 10.2. The van der Waals surface area contributed by atoms with Gasteiger partial charge in [0.05, 0.1) is 23.8 Å². The molecule has 4 nitrogen and oxygen atoms in total. The van der Waals surface area contributed by atoms with E-state index in [9.17, 15) is 10.1 Å². The van der Waals surface area contributed by atoms with E-state index < -0.39 is 5.97 Å². The molecule has 4 heteroatoms. The van der Waals surface area contributed by atoms with Gasteiger partial charge in [-0.25, -0.2) is 4.79 Å². The van der Waals surface area contributed by atoms with Gasteiger partial charge in [-0.05, 0) is 78.4 Å². The third-order valence-electron chi connectivity index (χ3n) is 7.03. The number of carbonyl (C=O) groups excluding carboxylic acids is 1. The number of unbranched alkanes of at least 4 members (excludes halogenated alkanes) is 9. The lowest BCUT2D eigenvalue weighted by Gasteiger charge is -2.09. The molecule has 0 fully saturated rings. The van der Waals surface area contributed by atoms with Gasteiger partial charge in [0.1, 0.15) is 11.5 Å². The Kier molecular flexibility index (Phi) is 13.1. The summed E-state index contributed by atoms with van der Waals surface area (Å²) in [6, 6.07) is 23.0. The number of rotatable bonds is 17. The summed E-state index contributed by atoms with van der Waals surface area (Å²) in [6.45, 7) is 5.15. The van der Waals surface area contributed by atoms with Gasteiger partial charge in [-0.3, -0.25) is 0 Å². The minimum atomic E-state index is -0.404. The second-order valence-electron chi connectivity index (χ2n) is 10.2. The molecular weight excluding hydrogens is 482 g/mol. The second kappa shape index (κ2) is 17.1. The van der Waals surface area contributed by atoms with Crippen LogP contribution in [0.25, 0.3) is 11.1 Å². The molecule has 0 unspecified atom stereocenters. The average molecular weight is 526 g/mol. The molecule has 0 aliphatic rings. The highest BCUT2D eigenvalue weighted by atomic mass is 16.5. The lowest BCUT2D eigenvalue weighted by molar-refractivity contribution is 0.0734. The van der Waals surface area contributed by atoms with E-state index in [4.69, 9.17) is 9.47 Å². The summed E-state index contributed by atoms with van der Waals surface area (Å²) in [5, 5.41) is 9.68. The fourth-order valence-electron chi connectivity index (χ4n) is 4.64. The van der Waals surface area contributed by atoms with Crippen molar-refractivity contribution in [2.75, 3.05) is 6.61 Å². The quantitative estimate of drug-likeness (QED) is 0.0999. The number of nitriles is 1. The summed E-state index contributed by atoms with van der Waals surface area (Å²) >= 11 is 0. The smallest absolute Gasteiger partial charge is 0.343 e. The van der Waals surface area contributed by atoms with Crippen LogP contribution in [-0.4, -0.2) is 12.6 Å². The number of hydrogen-bond acceptors (Lipinski definition) is 4. The molecule has 0 aromatic heterocycles. The Balaban J connectivity index is 1.49. The van der Waals surface area contributed by atoms with Crippen molar-refractivity contribution in [3.8, 4) is 28.7 Å². The van der Waals surface area contributed by atoms with Gasteiger partial charge < -0.3 is 9.47 Å². The molecule has 0 saturated heterocycles. The van der Waals surface area contributed by atoms with Crippen LogP contribution in [0.15, 0.2) is 66.7 Å². The molecule has 3 aromatic carbocycles. The molecule has 0 heterocycles. The molecule has 0 bridgehead atoms. The number of hydrogen-bond donors (Lipinski definition) is 0. The van der Waals surface area contributed by atoms with Crippen molar-refractivity contribution in [1.29, 1.82) is 5.26 Å². The third-order valence-corrected chi connectivity index (χ3v) is 7.03. The predicted octanol–water partition coefficient (Wildman–Crippen LogP) is 9.70.